The van der Waals surface area contributed by atoms with Crippen molar-refractivity contribution in [2.45, 2.75) is 31.9 Å². The molecule has 1 aliphatic rings. The van der Waals surface area contributed by atoms with E-state index in [2.05, 4.69) is 0 Å². The first-order valence-corrected chi connectivity index (χ1v) is 13.6. The van der Waals surface area contributed by atoms with E-state index in [1.807, 2.05) is 0 Å². The second-order valence-corrected chi connectivity index (χ2v) is 11.1. The summed E-state index contributed by atoms with van der Waals surface area (Å²) >= 11 is 0. The van der Waals surface area contributed by atoms with Crippen LogP contribution in [0, 0.1) is 0 Å². The molecule has 0 amide bonds. The predicted molar refractivity (Wildman–Crippen MR) is 138 cm³/mol. The molecule has 0 aromatic heterocycles. The second kappa shape index (κ2) is 10.4. The van der Waals surface area contributed by atoms with Crippen molar-refractivity contribution in [2.75, 3.05) is 35.2 Å². The molecule has 0 unspecified atom stereocenters. The molecule has 1 aliphatic heterocycles. The molecule has 3 aromatic carbocycles. The van der Waals surface area contributed by atoms with Crippen LogP contribution in [0.15, 0.2) is 66.7 Å². The fraction of sp³-hybridized carbons (Fsp3) is 0.333. The molecule has 38 heavy (non-hydrogen) atoms. The summed E-state index contributed by atoms with van der Waals surface area (Å²) in [5.41, 5.74) is 1.29. The summed E-state index contributed by atoms with van der Waals surface area (Å²) in [4.78, 5) is 1.75. The van der Waals surface area contributed by atoms with Crippen molar-refractivity contribution in [1.82, 2.24) is 0 Å². The second-order valence-electron chi connectivity index (χ2n) is 8.99. The number of methoxy groups -OCH3 is 1. The van der Waals surface area contributed by atoms with Gasteiger partial charge in [-0.3, -0.25) is 0 Å². The third-order valence-electron chi connectivity index (χ3n) is 6.50. The molecule has 11 heteroatoms. The summed E-state index contributed by atoms with van der Waals surface area (Å²) in [6, 6.07) is 15.8. The maximum atomic E-state index is 13.8. The van der Waals surface area contributed by atoms with Gasteiger partial charge >= 0.3 is 6.18 Å². The Morgan fingerprint density at radius 2 is 1.55 bits per heavy atom. The number of benzene rings is 3. The van der Waals surface area contributed by atoms with Gasteiger partial charge in [-0.1, -0.05) is 24.3 Å². The molecular weight excluding hydrogens is 527 g/mol. The Hall–Kier alpha value is -3.34. The minimum Gasteiger partial charge on any atom is -0.495 e. The van der Waals surface area contributed by atoms with E-state index in [4.69, 9.17) is 4.74 Å². The van der Waals surface area contributed by atoms with Crippen molar-refractivity contribution in [3.05, 3.63) is 72.3 Å². The van der Waals surface area contributed by atoms with E-state index in [9.17, 15) is 30.4 Å². The first kappa shape index (κ1) is 27.7. The Morgan fingerprint density at radius 3 is 2.13 bits per heavy atom. The van der Waals surface area contributed by atoms with Crippen LogP contribution >= 0.6 is 0 Å². The molecule has 4 rings (SSSR count). The van der Waals surface area contributed by atoms with Crippen LogP contribution in [0.1, 0.15) is 25.3 Å². The summed E-state index contributed by atoms with van der Waals surface area (Å²) < 4.78 is 99.7. The molecule has 204 valence electrons. The van der Waals surface area contributed by atoms with Crippen molar-refractivity contribution in [2.24, 2.45) is 0 Å². The highest BCUT2D eigenvalue weighted by Crippen LogP contribution is 2.40. The Labute approximate surface area is 218 Å². The summed E-state index contributed by atoms with van der Waals surface area (Å²) in [6.45, 7) is 1.66. The van der Waals surface area contributed by atoms with Crippen molar-refractivity contribution >= 4 is 27.1 Å². The Morgan fingerprint density at radius 1 is 0.921 bits per heavy atom. The third kappa shape index (κ3) is 5.87. The molecule has 3 aromatic rings. The van der Waals surface area contributed by atoms with Crippen LogP contribution in [0.2, 0.25) is 0 Å². The van der Waals surface area contributed by atoms with Gasteiger partial charge in [-0.15, -0.1) is 0 Å². The topological polar surface area (TPSA) is 49.9 Å². The van der Waals surface area contributed by atoms with Crippen LogP contribution in [0.25, 0.3) is 11.1 Å². The summed E-state index contributed by atoms with van der Waals surface area (Å²) in [7, 11) is -2.42. The lowest BCUT2D eigenvalue weighted by Gasteiger charge is -2.35. The number of nitrogens with zero attached hydrogens (tertiary/aromatic N) is 2. The monoisotopic (exact) mass is 554 g/mol. The van der Waals surface area contributed by atoms with E-state index >= 15 is 0 Å². The minimum absolute atomic E-state index is 0.0801. The van der Waals surface area contributed by atoms with Crippen molar-refractivity contribution < 1.29 is 35.1 Å². The van der Waals surface area contributed by atoms with E-state index < -0.39 is 27.7 Å². The van der Waals surface area contributed by atoms with E-state index in [0.29, 0.717) is 22.6 Å². The average Bonchev–Trinajstić information content (AvgIpc) is 2.88. The fourth-order valence-electron chi connectivity index (χ4n) is 4.39. The lowest BCUT2D eigenvalue weighted by atomic mass is 10.0. The first-order valence-electron chi connectivity index (χ1n) is 12.0. The fourth-order valence-corrected chi connectivity index (χ4v) is 5.52. The standard InChI is InChI=1S/C27H27F5N2O3S/c1-3-38(35,36)34(22-6-4-5-20(17-22)19-7-9-21(10-8-19)27(30,31)32)23-11-12-25(37-2)24(18-23)33-15-13-26(28,29)14-16-33/h4-12,17-18H,3,13-16H2,1-2H3. The first-order chi connectivity index (χ1) is 17.8. The maximum absolute atomic E-state index is 13.8. The molecule has 0 N–H and O–H groups in total. The third-order valence-corrected chi connectivity index (χ3v) is 8.21. The van der Waals surface area contributed by atoms with Crippen LogP contribution in [-0.2, 0) is 16.2 Å². The van der Waals surface area contributed by atoms with Crippen molar-refractivity contribution in [3.63, 3.8) is 0 Å². The van der Waals surface area contributed by atoms with Gasteiger partial charge in [0.1, 0.15) is 5.75 Å². The number of hydrogen-bond acceptors (Lipinski definition) is 4. The van der Waals surface area contributed by atoms with Crippen LogP contribution in [0.4, 0.5) is 39.0 Å². The van der Waals surface area contributed by atoms with E-state index in [1.165, 1.54) is 26.2 Å². The van der Waals surface area contributed by atoms with Crippen LogP contribution in [0.5, 0.6) is 5.75 Å². The summed E-state index contributed by atoms with van der Waals surface area (Å²) in [6.07, 6.45) is -5.12. The summed E-state index contributed by atoms with van der Waals surface area (Å²) in [5, 5.41) is 0. The van der Waals surface area contributed by atoms with Gasteiger partial charge in [0, 0.05) is 25.9 Å². The van der Waals surface area contributed by atoms with Crippen LogP contribution in [-0.4, -0.2) is 40.3 Å². The molecule has 1 heterocycles. The molecule has 1 fully saturated rings. The average molecular weight is 555 g/mol. The van der Waals surface area contributed by atoms with E-state index in [0.717, 1.165) is 16.4 Å². The smallest absolute Gasteiger partial charge is 0.416 e. The van der Waals surface area contributed by atoms with Gasteiger partial charge in [0.2, 0.25) is 10.0 Å². The van der Waals surface area contributed by atoms with Gasteiger partial charge in [0.25, 0.3) is 5.92 Å². The number of halogens is 5. The largest absolute Gasteiger partial charge is 0.495 e. The van der Waals surface area contributed by atoms with Gasteiger partial charge in [0.15, 0.2) is 0 Å². The highest BCUT2D eigenvalue weighted by atomic mass is 32.2. The number of ether oxygens (including phenoxy) is 1. The maximum Gasteiger partial charge on any atom is 0.416 e. The van der Waals surface area contributed by atoms with Gasteiger partial charge in [-0.25, -0.2) is 21.5 Å². The minimum atomic E-state index is -4.47. The normalized spacial score (nSPS) is 15.8. The zero-order valence-electron chi connectivity index (χ0n) is 20.8. The molecule has 0 bridgehead atoms. The number of sulfonamides is 1. The molecule has 1 saturated heterocycles. The Kier molecular flexibility index (Phi) is 7.60. The number of piperidine rings is 1. The number of anilines is 3. The summed E-state index contributed by atoms with van der Waals surface area (Å²) in [5.74, 6) is -2.56. The van der Waals surface area contributed by atoms with Crippen LogP contribution in [0.3, 0.4) is 0 Å². The quantitative estimate of drug-likeness (QED) is 0.292. The highest BCUT2D eigenvalue weighted by molar-refractivity contribution is 7.93. The van der Waals surface area contributed by atoms with E-state index in [1.54, 1.807) is 47.4 Å². The number of rotatable bonds is 7. The molecule has 0 aliphatic carbocycles. The van der Waals surface area contributed by atoms with Crippen LogP contribution < -0.4 is 13.9 Å². The van der Waals surface area contributed by atoms with Gasteiger partial charge < -0.3 is 9.64 Å². The number of alkyl halides is 5. The lowest BCUT2D eigenvalue weighted by molar-refractivity contribution is -0.137. The van der Waals surface area contributed by atoms with Crippen molar-refractivity contribution in [1.29, 1.82) is 0 Å². The molecule has 5 nitrogen and oxygen atoms in total. The zero-order chi connectivity index (χ0) is 27.7. The SMILES string of the molecule is CCS(=O)(=O)N(c1cccc(-c2ccc(C(F)(F)F)cc2)c1)c1ccc(OC)c(N2CCC(F)(F)CC2)c1. The molecule has 0 atom stereocenters. The molecule has 0 spiro atoms. The molecule has 0 saturated carbocycles. The highest BCUT2D eigenvalue weighted by Gasteiger charge is 2.35. The van der Waals surface area contributed by atoms with E-state index in [-0.39, 0.29) is 43.1 Å². The molecule has 0 radical (unpaired) electrons. The Bertz CT molecular complexity index is 1380. The van der Waals surface area contributed by atoms with Crippen molar-refractivity contribution in [3.8, 4) is 16.9 Å². The Balaban J connectivity index is 1.76. The lowest BCUT2D eigenvalue weighted by Crippen LogP contribution is -2.39. The predicted octanol–water partition coefficient (Wildman–Crippen LogP) is 7.10. The van der Waals surface area contributed by atoms with Gasteiger partial charge in [-0.05, 0) is 60.5 Å². The van der Waals surface area contributed by atoms with Gasteiger partial charge in [-0.2, -0.15) is 13.2 Å². The number of hydrogen-bond donors (Lipinski definition) is 0. The molecular formula is C27H27F5N2O3S. The zero-order valence-corrected chi connectivity index (χ0v) is 21.6. The van der Waals surface area contributed by atoms with Gasteiger partial charge in [0.05, 0.1) is 35.5 Å².